The Bertz CT molecular complexity index is 1080. The Morgan fingerprint density at radius 1 is 0.769 bits per heavy atom. The second kappa shape index (κ2) is 6.89. The summed E-state index contributed by atoms with van der Waals surface area (Å²) in [5.74, 6) is 0. The molecule has 0 radical (unpaired) electrons. The van der Waals surface area contributed by atoms with Gasteiger partial charge in [0.2, 0.25) is 0 Å². The van der Waals surface area contributed by atoms with E-state index >= 15 is 0 Å². The molecule has 0 aliphatic heterocycles. The molecule has 0 bridgehead atoms. The van der Waals surface area contributed by atoms with E-state index in [9.17, 15) is 0 Å². The Morgan fingerprint density at radius 3 is 2.12 bits per heavy atom. The van der Waals surface area contributed by atoms with Crippen molar-refractivity contribution in [3.05, 3.63) is 103 Å². The van der Waals surface area contributed by atoms with Crippen molar-refractivity contribution in [2.45, 2.75) is 6.92 Å². The Balaban J connectivity index is 1.91. The van der Waals surface area contributed by atoms with Gasteiger partial charge in [-0.05, 0) is 42.3 Å². The second-order valence-electron chi connectivity index (χ2n) is 6.27. The maximum absolute atomic E-state index is 4.04. The van der Waals surface area contributed by atoms with Gasteiger partial charge in [0, 0.05) is 16.6 Å². The average Bonchev–Trinajstić information content (AvgIpc) is 3.02. The van der Waals surface area contributed by atoms with Crippen LogP contribution in [0.5, 0.6) is 0 Å². The molecule has 1 heterocycles. The smallest absolute Gasteiger partial charge is 0.0541 e. The van der Waals surface area contributed by atoms with Gasteiger partial charge >= 0.3 is 0 Å². The fraction of sp³-hybridized carbons (Fsp3) is 0.0400. The molecule has 3 aromatic carbocycles. The molecule has 0 amide bonds. The van der Waals surface area contributed by atoms with E-state index in [1.54, 1.807) is 0 Å². The Morgan fingerprint density at radius 2 is 1.42 bits per heavy atom. The second-order valence-corrected chi connectivity index (χ2v) is 6.27. The van der Waals surface area contributed by atoms with Gasteiger partial charge in [0.05, 0.1) is 11.2 Å². The molecule has 1 nitrogen and oxygen atoms in total. The quantitative estimate of drug-likeness (QED) is 0.379. The van der Waals surface area contributed by atoms with Gasteiger partial charge in [0.1, 0.15) is 0 Å². The standard InChI is InChI=1S/C25H21N/c1-3-10-24-22(4-2)23-13-8-9-14-25(23)26(24)21-17-15-20(16-18-21)19-11-6-5-7-12-19/h3-18H,2H2,1H3/b10-3-. The third-order valence-electron chi connectivity index (χ3n) is 4.71. The number of allylic oxidation sites excluding steroid dienone is 1. The predicted octanol–water partition coefficient (Wildman–Crippen LogP) is 6.97. The zero-order chi connectivity index (χ0) is 17.9. The summed E-state index contributed by atoms with van der Waals surface area (Å²) in [5.41, 5.74) is 7.14. The molecule has 0 fully saturated rings. The summed E-state index contributed by atoms with van der Waals surface area (Å²) >= 11 is 0. The normalized spacial score (nSPS) is 11.3. The van der Waals surface area contributed by atoms with Crippen LogP contribution in [0.2, 0.25) is 0 Å². The number of aromatic nitrogens is 1. The van der Waals surface area contributed by atoms with Crippen molar-refractivity contribution in [3.8, 4) is 16.8 Å². The predicted molar refractivity (Wildman–Crippen MR) is 114 cm³/mol. The number of benzene rings is 3. The van der Waals surface area contributed by atoms with E-state index in [1.807, 2.05) is 19.1 Å². The van der Waals surface area contributed by atoms with E-state index in [4.69, 9.17) is 0 Å². The summed E-state index contributed by atoms with van der Waals surface area (Å²) in [7, 11) is 0. The van der Waals surface area contributed by atoms with Crippen LogP contribution in [0.3, 0.4) is 0 Å². The summed E-state index contributed by atoms with van der Waals surface area (Å²) in [6, 6.07) is 27.7. The Labute approximate surface area is 154 Å². The summed E-state index contributed by atoms with van der Waals surface area (Å²) < 4.78 is 2.31. The molecule has 0 unspecified atom stereocenters. The number of hydrogen-bond acceptors (Lipinski definition) is 0. The zero-order valence-corrected chi connectivity index (χ0v) is 14.9. The number of rotatable bonds is 4. The first-order valence-corrected chi connectivity index (χ1v) is 8.88. The summed E-state index contributed by atoms with van der Waals surface area (Å²) in [4.78, 5) is 0. The van der Waals surface area contributed by atoms with Gasteiger partial charge in [-0.1, -0.05) is 79.4 Å². The molecule has 0 saturated carbocycles. The van der Waals surface area contributed by atoms with E-state index in [0.717, 1.165) is 11.4 Å². The maximum atomic E-state index is 4.04. The van der Waals surface area contributed by atoms with Gasteiger partial charge in [0.15, 0.2) is 0 Å². The van der Waals surface area contributed by atoms with Gasteiger partial charge in [-0.2, -0.15) is 0 Å². The van der Waals surface area contributed by atoms with E-state index in [-0.39, 0.29) is 0 Å². The summed E-state index contributed by atoms with van der Waals surface area (Å²) in [6.45, 7) is 6.09. The number of nitrogens with zero attached hydrogens (tertiary/aromatic N) is 1. The minimum absolute atomic E-state index is 1.15. The fourth-order valence-electron chi connectivity index (χ4n) is 3.53. The van der Waals surface area contributed by atoms with Crippen LogP contribution < -0.4 is 0 Å². The molecule has 0 aliphatic rings. The van der Waals surface area contributed by atoms with Crippen molar-refractivity contribution >= 4 is 23.1 Å². The third-order valence-corrected chi connectivity index (χ3v) is 4.71. The minimum Gasteiger partial charge on any atom is -0.309 e. The highest BCUT2D eigenvalue weighted by Crippen LogP contribution is 2.32. The topological polar surface area (TPSA) is 4.93 Å². The molecule has 0 atom stereocenters. The van der Waals surface area contributed by atoms with Crippen molar-refractivity contribution in [1.82, 2.24) is 4.57 Å². The zero-order valence-electron chi connectivity index (χ0n) is 14.9. The van der Waals surface area contributed by atoms with E-state index < -0.39 is 0 Å². The van der Waals surface area contributed by atoms with Crippen molar-refractivity contribution in [2.24, 2.45) is 0 Å². The Hall–Kier alpha value is -3.32. The van der Waals surface area contributed by atoms with Crippen LogP contribution in [0.1, 0.15) is 18.2 Å². The van der Waals surface area contributed by atoms with Crippen molar-refractivity contribution < 1.29 is 0 Å². The van der Waals surface area contributed by atoms with E-state index in [0.29, 0.717) is 0 Å². The largest absolute Gasteiger partial charge is 0.309 e. The molecule has 126 valence electrons. The van der Waals surface area contributed by atoms with Crippen LogP contribution in [0.4, 0.5) is 0 Å². The highest BCUT2D eigenvalue weighted by atomic mass is 15.0. The lowest BCUT2D eigenvalue weighted by Crippen LogP contribution is -1.97. The molecule has 0 saturated heterocycles. The van der Waals surface area contributed by atoms with Gasteiger partial charge in [0.25, 0.3) is 0 Å². The minimum atomic E-state index is 1.15. The van der Waals surface area contributed by atoms with Crippen LogP contribution in [0.15, 0.2) is 91.5 Å². The Kier molecular flexibility index (Phi) is 4.28. The van der Waals surface area contributed by atoms with E-state index in [1.165, 1.54) is 27.6 Å². The lowest BCUT2D eigenvalue weighted by Gasteiger charge is -2.10. The highest BCUT2D eigenvalue weighted by molar-refractivity contribution is 5.95. The first-order valence-electron chi connectivity index (χ1n) is 8.88. The van der Waals surface area contributed by atoms with Gasteiger partial charge in [-0.15, -0.1) is 0 Å². The van der Waals surface area contributed by atoms with Crippen LogP contribution in [0, 0.1) is 0 Å². The van der Waals surface area contributed by atoms with E-state index in [2.05, 4.69) is 96.1 Å². The third kappa shape index (κ3) is 2.68. The highest BCUT2D eigenvalue weighted by Gasteiger charge is 2.14. The van der Waals surface area contributed by atoms with Gasteiger partial charge in [-0.25, -0.2) is 0 Å². The van der Waals surface area contributed by atoms with Gasteiger partial charge < -0.3 is 4.57 Å². The first-order chi connectivity index (χ1) is 12.8. The summed E-state index contributed by atoms with van der Waals surface area (Å²) in [5, 5.41) is 1.22. The summed E-state index contributed by atoms with van der Waals surface area (Å²) in [6.07, 6.45) is 6.19. The van der Waals surface area contributed by atoms with Crippen molar-refractivity contribution in [2.75, 3.05) is 0 Å². The van der Waals surface area contributed by atoms with Gasteiger partial charge in [-0.3, -0.25) is 0 Å². The molecule has 4 aromatic rings. The number of fused-ring (bicyclic) bond motifs is 1. The molecule has 0 aliphatic carbocycles. The molecular weight excluding hydrogens is 314 g/mol. The molecule has 4 rings (SSSR count). The maximum Gasteiger partial charge on any atom is 0.0541 e. The van der Waals surface area contributed by atoms with Crippen LogP contribution >= 0.6 is 0 Å². The average molecular weight is 335 g/mol. The van der Waals surface area contributed by atoms with Crippen LogP contribution in [0.25, 0.3) is 39.9 Å². The molecule has 0 N–H and O–H groups in total. The molecule has 1 aromatic heterocycles. The number of para-hydroxylation sites is 1. The fourth-order valence-corrected chi connectivity index (χ4v) is 3.53. The van der Waals surface area contributed by atoms with Crippen molar-refractivity contribution in [1.29, 1.82) is 0 Å². The number of hydrogen-bond donors (Lipinski definition) is 0. The molecule has 0 spiro atoms. The lowest BCUT2D eigenvalue weighted by atomic mass is 10.1. The monoisotopic (exact) mass is 335 g/mol. The van der Waals surface area contributed by atoms with Crippen LogP contribution in [-0.4, -0.2) is 4.57 Å². The molecular formula is C25H21N. The molecule has 1 heteroatoms. The lowest BCUT2D eigenvalue weighted by molar-refractivity contribution is 1.10. The van der Waals surface area contributed by atoms with Crippen molar-refractivity contribution in [3.63, 3.8) is 0 Å². The van der Waals surface area contributed by atoms with Crippen LogP contribution in [-0.2, 0) is 0 Å². The SMILES string of the molecule is C=Cc1c(/C=C\C)n(-c2ccc(-c3ccccc3)cc2)c2ccccc12. The molecule has 26 heavy (non-hydrogen) atoms. The first kappa shape index (κ1) is 16.2.